The highest BCUT2D eigenvalue weighted by Gasteiger charge is 1.94. The lowest BCUT2D eigenvalue weighted by Gasteiger charge is -1.98. The molecule has 0 aliphatic heterocycles. The van der Waals surface area contributed by atoms with Crippen molar-refractivity contribution in [2.75, 3.05) is 6.61 Å². The Labute approximate surface area is 60.4 Å². The van der Waals surface area contributed by atoms with E-state index in [4.69, 9.17) is 0 Å². The normalized spacial score (nSPS) is 9.00. The van der Waals surface area contributed by atoms with Crippen molar-refractivity contribution in [2.45, 2.75) is 26.7 Å². The van der Waals surface area contributed by atoms with Gasteiger partial charge < -0.3 is 9.53 Å². The molecule has 0 aliphatic rings. The molecule has 0 amide bonds. The molecule has 0 bridgehead atoms. The van der Waals surface area contributed by atoms with Crippen molar-refractivity contribution in [3.8, 4) is 0 Å². The summed E-state index contributed by atoms with van der Waals surface area (Å²) in [6.45, 7) is 3.23. The lowest BCUT2D eigenvalue weighted by molar-refractivity contribution is -0.141. The fourth-order valence-corrected chi connectivity index (χ4v) is 0.537. The lowest BCUT2D eigenvalue weighted by Crippen LogP contribution is -2.02. The Hall–Kier alpha value is -0.860. The van der Waals surface area contributed by atoms with E-state index >= 15 is 0 Å². The van der Waals surface area contributed by atoms with Crippen molar-refractivity contribution in [3.63, 3.8) is 0 Å². The molecule has 0 saturated carbocycles. The first-order valence-corrected chi connectivity index (χ1v) is 3.25. The van der Waals surface area contributed by atoms with Crippen LogP contribution in [0.4, 0.5) is 0 Å². The van der Waals surface area contributed by atoms with Crippen LogP contribution in [0.1, 0.15) is 26.7 Å². The Kier molecular flexibility index (Phi) is 4.54. The van der Waals surface area contributed by atoms with Gasteiger partial charge in [0.2, 0.25) is 0 Å². The van der Waals surface area contributed by atoms with E-state index in [-0.39, 0.29) is 11.8 Å². The van der Waals surface area contributed by atoms with Crippen LogP contribution in [0.25, 0.3) is 0 Å². The minimum absolute atomic E-state index is 0.132. The molecule has 3 nitrogen and oxygen atoms in total. The molecular weight excluding hydrogens is 132 g/mol. The summed E-state index contributed by atoms with van der Waals surface area (Å²) in [6.07, 6.45) is 1.13. The molecule has 0 radical (unpaired) electrons. The predicted molar refractivity (Wildman–Crippen MR) is 36.5 cm³/mol. The minimum atomic E-state index is -0.288. The van der Waals surface area contributed by atoms with Crippen LogP contribution in [0.3, 0.4) is 0 Å². The fraction of sp³-hybridized carbons (Fsp3) is 0.714. The van der Waals surface area contributed by atoms with Crippen molar-refractivity contribution in [2.24, 2.45) is 0 Å². The zero-order valence-corrected chi connectivity index (χ0v) is 6.35. The molecule has 0 aliphatic carbocycles. The molecule has 0 atom stereocenters. The van der Waals surface area contributed by atoms with Crippen molar-refractivity contribution >= 4 is 11.8 Å². The number of hydrogen-bond donors (Lipinski definition) is 0. The number of carbonyl (C=O) groups excluding carboxylic acids is 2. The second-order valence-electron chi connectivity index (χ2n) is 2.15. The SMILES string of the molecule is CC(=O)CCCOC(C)=O. The Morgan fingerprint density at radius 3 is 2.30 bits per heavy atom. The molecule has 58 valence electrons. The van der Waals surface area contributed by atoms with Crippen LogP contribution >= 0.6 is 0 Å². The van der Waals surface area contributed by atoms with Gasteiger partial charge in [-0.15, -0.1) is 0 Å². The first-order valence-electron chi connectivity index (χ1n) is 3.25. The maximum atomic E-state index is 10.3. The van der Waals surface area contributed by atoms with Gasteiger partial charge in [-0.25, -0.2) is 0 Å². The van der Waals surface area contributed by atoms with Gasteiger partial charge in [-0.2, -0.15) is 0 Å². The third-order valence-corrected chi connectivity index (χ3v) is 0.979. The summed E-state index contributed by atoms with van der Waals surface area (Å²) in [7, 11) is 0. The quantitative estimate of drug-likeness (QED) is 0.435. The predicted octanol–water partition coefficient (Wildman–Crippen LogP) is 0.919. The van der Waals surface area contributed by atoms with Crippen molar-refractivity contribution in [3.05, 3.63) is 0 Å². The summed E-state index contributed by atoms with van der Waals surface area (Å²) in [4.78, 5) is 20.5. The summed E-state index contributed by atoms with van der Waals surface area (Å²) in [5.41, 5.74) is 0. The molecule has 0 aromatic heterocycles. The molecule has 3 heteroatoms. The molecule has 10 heavy (non-hydrogen) atoms. The minimum Gasteiger partial charge on any atom is -0.466 e. The van der Waals surface area contributed by atoms with Crippen LogP contribution < -0.4 is 0 Å². The van der Waals surface area contributed by atoms with E-state index < -0.39 is 0 Å². The summed E-state index contributed by atoms with van der Waals surface area (Å²) in [5.74, 6) is -0.157. The van der Waals surface area contributed by atoms with Crippen LogP contribution in [-0.2, 0) is 14.3 Å². The molecule has 0 aromatic carbocycles. The largest absolute Gasteiger partial charge is 0.466 e. The first-order chi connectivity index (χ1) is 4.63. The van der Waals surface area contributed by atoms with Crippen molar-refractivity contribution in [1.29, 1.82) is 0 Å². The summed E-state index contributed by atoms with van der Waals surface area (Å²) >= 11 is 0. The van der Waals surface area contributed by atoms with Gasteiger partial charge in [0.15, 0.2) is 0 Å². The molecule has 0 unspecified atom stereocenters. The molecule has 0 aromatic rings. The number of hydrogen-bond acceptors (Lipinski definition) is 3. The lowest BCUT2D eigenvalue weighted by atomic mass is 10.2. The zero-order chi connectivity index (χ0) is 7.98. The Bertz CT molecular complexity index is 113. The van der Waals surface area contributed by atoms with Crippen molar-refractivity contribution < 1.29 is 14.3 Å². The van der Waals surface area contributed by atoms with E-state index in [0.29, 0.717) is 19.4 Å². The van der Waals surface area contributed by atoms with E-state index in [1.807, 2.05) is 0 Å². The van der Waals surface area contributed by atoms with Gasteiger partial charge in [0, 0.05) is 13.3 Å². The molecule has 0 saturated heterocycles. The Balaban J connectivity index is 3.06. The van der Waals surface area contributed by atoms with E-state index in [0.717, 1.165) is 0 Å². The molecule has 0 heterocycles. The van der Waals surface area contributed by atoms with E-state index in [1.165, 1.54) is 13.8 Å². The van der Waals surface area contributed by atoms with Crippen LogP contribution in [0, 0.1) is 0 Å². The number of carbonyl (C=O) groups is 2. The number of Topliss-reactive ketones (excluding diaryl/α,β-unsaturated/α-hetero) is 1. The maximum Gasteiger partial charge on any atom is 0.302 e. The summed E-state index contributed by atoms with van der Waals surface area (Å²) < 4.78 is 4.60. The first kappa shape index (κ1) is 9.14. The number of esters is 1. The monoisotopic (exact) mass is 144 g/mol. The third kappa shape index (κ3) is 7.14. The average Bonchev–Trinajstić information content (AvgIpc) is 1.79. The molecule has 0 fully saturated rings. The van der Waals surface area contributed by atoms with Gasteiger partial charge in [0.25, 0.3) is 0 Å². The third-order valence-electron chi connectivity index (χ3n) is 0.979. The molecule has 0 N–H and O–H groups in total. The highest BCUT2D eigenvalue weighted by atomic mass is 16.5. The van der Waals surface area contributed by atoms with E-state index in [2.05, 4.69) is 4.74 Å². The van der Waals surface area contributed by atoms with Crippen LogP contribution in [-0.4, -0.2) is 18.4 Å². The van der Waals surface area contributed by atoms with E-state index in [9.17, 15) is 9.59 Å². The molecule has 0 spiro atoms. The van der Waals surface area contributed by atoms with Crippen LogP contribution in [0.2, 0.25) is 0 Å². The fourth-order valence-electron chi connectivity index (χ4n) is 0.537. The van der Waals surface area contributed by atoms with Gasteiger partial charge in [0.05, 0.1) is 6.61 Å². The highest BCUT2D eigenvalue weighted by molar-refractivity contribution is 5.75. The number of ether oxygens (including phenoxy) is 1. The van der Waals surface area contributed by atoms with Gasteiger partial charge in [-0.3, -0.25) is 4.79 Å². The maximum absolute atomic E-state index is 10.3. The Morgan fingerprint density at radius 1 is 1.30 bits per heavy atom. The molecular formula is C7H12O3. The number of ketones is 1. The van der Waals surface area contributed by atoms with Crippen LogP contribution in [0.15, 0.2) is 0 Å². The standard InChI is InChI=1S/C7H12O3/c1-6(8)4-3-5-10-7(2)9/h3-5H2,1-2H3. The zero-order valence-electron chi connectivity index (χ0n) is 6.35. The van der Waals surface area contributed by atoms with Gasteiger partial charge in [-0.05, 0) is 13.3 Å². The smallest absolute Gasteiger partial charge is 0.302 e. The Morgan fingerprint density at radius 2 is 1.90 bits per heavy atom. The van der Waals surface area contributed by atoms with Crippen LogP contribution in [0.5, 0.6) is 0 Å². The second kappa shape index (κ2) is 4.97. The summed E-state index contributed by atoms with van der Waals surface area (Å²) in [6, 6.07) is 0. The van der Waals surface area contributed by atoms with E-state index in [1.54, 1.807) is 0 Å². The number of rotatable bonds is 4. The second-order valence-corrected chi connectivity index (χ2v) is 2.15. The topological polar surface area (TPSA) is 43.4 Å². The van der Waals surface area contributed by atoms with Gasteiger partial charge in [-0.1, -0.05) is 0 Å². The molecule has 0 rings (SSSR count). The average molecular weight is 144 g/mol. The highest BCUT2D eigenvalue weighted by Crippen LogP contribution is 1.90. The van der Waals surface area contributed by atoms with Crippen molar-refractivity contribution in [1.82, 2.24) is 0 Å². The van der Waals surface area contributed by atoms with Gasteiger partial charge in [0.1, 0.15) is 5.78 Å². The van der Waals surface area contributed by atoms with Gasteiger partial charge >= 0.3 is 5.97 Å². The summed E-state index contributed by atoms with van der Waals surface area (Å²) in [5, 5.41) is 0.